The molecule has 4 aromatic rings. The topological polar surface area (TPSA) is 23.6 Å². The molecular formula is C33H32N2O. The molecule has 3 nitrogen and oxygen atoms in total. The molecule has 0 saturated carbocycles. The second kappa shape index (κ2) is 7.57. The third kappa shape index (κ3) is 3.02. The van der Waals surface area contributed by atoms with Gasteiger partial charge in [0.25, 0.3) is 0 Å². The number of allylic oxidation sites excluding steroid dienone is 4. The standard InChI is InChI=1S/C33H32N2O/c1-32(2)26-17-15-21-11-7-9-13-24(21)30(26)34(5)28(32)19-23(36)20-29-33(3,4)27-18-16-22-12-8-10-14-25(22)31(27)35(29)6/h7-20H,1-6H3/b28-19+,29-20+. The van der Waals surface area contributed by atoms with Crippen molar-refractivity contribution in [2.75, 3.05) is 23.9 Å². The number of hydrogen-bond acceptors (Lipinski definition) is 3. The van der Waals surface area contributed by atoms with Gasteiger partial charge in [-0.1, -0.05) is 100 Å². The average molecular weight is 473 g/mol. The number of hydrogen-bond donors (Lipinski definition) is 0. The summed E-state index contributed by atoms with van der Waals surface area (Å²) in [6.07, 6.45) is 3.68. The Kier molecular flexibility index (Phi) is 4.75. The van der Waals surface area contributed by atoms with Gasteiger partial charge in [-0.25, -0.2) is 0 Å². The molecule has 0 spiro atoms. The van der Waals surface area contributed by atoms with Gasteiger partial charge in [-0.2, -0.15) is 0 Å². The zero-order valence-electron chi connectivity index (χ0n) is 21.9. The van der Waals surface area contributed by atoms with Crippen LogP contribution in [0.5, 0.6) is 0 Å². The molecule has 0 aliphatic carbocycles. The lowest BCUT2D eigenvalue weighted by Crippen LogP contribution is -2.25. The SMILES string of the molecule is CN1/C(=C/C(=O)/C=C2/N(C)c3c(ccc4ccccc34)C2(C)C)C(C)(C)c2ccc3ccccc3c21. The van der Waals surface area contributed by atoms with Gasteiger partial charge in [-0.05, 0) is 21.9 Å². The van der Waals surface area contributed by atoms with Gasteiger partial charge >= 0.3 is 0 Å². The monoisotopic (exact) mass is 472 g/mol. The summed E-state index contributed by atoms with van der Waals surface area (Å²) in [7, 11) is 4.17. The van der Waals surface area contributed by atoms with E-state index in [1.165, 1.54) is 44.0 Å². The fourth-order valence-corrected chi connectivity index (χ4v) is 6.46. The number of carbonyl (C=O) groups is 1. The Morgan fingerprint density at radius 1 is 0.611 bits per heavy atom. The van der Waals surface area contributed by atoms with Crippen LogP contribution in [0.3, 0.4) is 0 Å². The smallest absolute Gasteiger partial charge is 0.182 e. The highest BCUT2D eigenvalue weighted by molar-refractivity contribution is 6.06. The van der Waals surface area contributed by atoms with Crippen molar-refractivity contribution in [1.82, 2.24) is 0 Å². The van der Waals surface area contributed by atoms with Gasteiger partial charge in [-0.15, -0.1) is 0 Å². The Hall–Kier alpha value is -3.85. The molecule has 0 N–H and O–H groups in total. The largest absolute Gasteiger partial charge is 0.346 e. The Bertz CT molecular complexity index is 1520. The van der Waals surface area contributed by atoms with Crippen LogP contribution < -0.4 is 9.80 Å². The maximum Gasteiger partial charge on any atom is 0.182 e. The molecule has 0 amide bonds. The highest BCUT2D eigenvalue weighted by Gasteiger charge is 2.41. The summed E-state index contributed by atoms with van der Waals surface area (Å²) in [6, 6.07) is 25.8. The van der Waals surface area contributed by atoms with E-state index in [0.29, 0.717) is 0 Å². The number of anilines is 2. The lowest BCUT2D eigenvalue weighted by Gasteiger charge is -2.25. The molecule has 0 aromatic heterocycles. The number of ketones is 1. The Morgan fingerprint density at radius 3 is 1.42 bits per heavy atom. The maximum atomic E-state index is 13.6. The fraction of sp³-hybridized carbons (Fsp3) is 0.242. The molecule has 0 bridgehead atoms. The van der Waals surface area contributed by atoms with Crippen LogP contribution in [0.1, 0.15) is 38.8 Å². The maximum absolute atomic E-state index is 13.6. The van der Waals surface area contributed by atoms with E-state index < -0.39 is 0 Å². The summed E-state index contributed by atoms with van der Waals surface area (Å²) in [5, 5.41) is 4.87. The first-order chi connectivity index (χ1) is 17.1. The third-order valence-corrected chi connectivity index (χ3v) is 8.38. The molecular weight excluding hydrogens is 440 g/mol. The Morgan fingerprint density at radius 2 is 1.00 bits per heavy atom. The van der Waals surface area contributed by atoms with Crippen LogP contribution in [0, 0.1) is 0 Å². The van der Waals surface area contributed by atoms with E-state index in [0.717, 1.165) is 11.4 Å². The summed E-state index contributed by atoms with van der Waals surface area (Å²) in [6.45, 7) is 8.85. The number of nitrogens with zero attached hydrogens (tertiary/aromatic N) is 2. The van der Waals surface area contributed by atoms with Crippen LogP contribution in [0.25, 0.3) is 21.5 Å². The van der Waals surface area contributed by atoms with Crippen molar-refractivity contribution >= 4 is 38.7 Å². The average Bonchev–Trinajstić information content (AvgIpc) is 3.18. The number of fused-ring (bicyclic) bond motifs is 6. The first-order valence-corrected chi connectivity index (χ1v) is 12.6. The second-order valence-corrected chi connectivity index (χ2v) is 11.2. The first kappa shape index (κ1) is 22.6. The predicted octanol–water partition coefficient (Wildman–Crippen LogP) is 7.48. The van der Waals surface area contributed by atoms with Gasteiger partial charge in [-0.3, -0.25) is 4.79 Å². The molecule has 0 unspecified atom stereocenters. The highest BCUT2D eigenvalue weighted by Crippen LogP contribution is 2.51. The predicted molar refractivity (Wildman–Crippen MR) is 152 cm³/mol. The van der Waals surface area contributed by atoms with E-state index in [4.69, 9.17) is 0 Å². The van der Waals surface area contributed by atoms with Gasteiger partial charge in [0.1, 0.15) is 0 Å². The highest BCUT2D eigenvalue weighted by atomic mass is 16.1. The Labute approximate surface area is 213 Å². The molecule has 2 aliphatic heterocycles. The summed E-state index contributed by atoms with van der Waals surface area (Å²) in [5.74, 6) is 0.0223. The van der Waals surface area contributed by atoms with Crippen molar-refractivity contribution in [3.05, 3.63) is 107 Å². The van der Waals surface area contributed by atoms with E-state index in [-0.39, 0.29) is 16.6 Å². The van der Waals surface area contributed by atoms with Gasteiger partial charge in [0.05, 0.1) is 11.4 Å². The van der Waals surface area contributed by atoms with E-state index in [1.807, 2.05) is 12.2 Å². The summed E-state index contributed by atoms with van der Waals surface area (Å²) < 4.78 is 0. The molecule has 3 heteroatoms. The van der Waals surface area contributed by atoms with Gasteiger partial charge in [0.15, 0.2) is 5.78 Å². The normalized spacial score (nSPS) is 19.9. The lowest BCUT2D eigenvalue weighted by molar-refractivity contribution is -0.110. The van der Waals surface area contributed by atoms with Crippen molar-refractivity contribution in [3.8, 4) is 0 Å². The summed E-state index contributed by atoms with van der Waals surface area (Å²) in [5.41, 5.74) is 6.43. The number of likely N-dealkylation sites (N-methyl/N-ethyl adjacent to an activating group) is 2. The quantitative estimate of drug-likeness (QED) is 0.283. The van der Waals surface area contributed by atoms with Crippen molar-refractivity contribution in [3.63, 3.8) is 0 Å². The molecule has 36 heavy (non-hydrogen) atoms. The molecule has 180 valence electrons. The molecule has 0 fully saturated rings. The van der Waals surface area contributed by atoms with Gasteiger partial charge < -0.3 is 9.80 Å². The molecule has 6 rings (SSSR count). The summed E-state index contributed by atoms with van der Waals surface area (Å²) in [4.78, 5) is 18.1. The number of rotatable bonds is 2. The van der Waals surface area contributed by atoms with Crippen molar-refractivity contribution in [2.24, 2.45) is 0 Å². The molecule has 2 heterocycles. The van der Waals surface area contributed by atoms with Gasteiger partial charge in [0, 0.05) is 59.2 Å². The van der Waals surface area contributed by atoms with Crippen LogP contribution in [-0.2, 0) is 15.6 Å². The second-order valence-electron chi connectivity index (χ2n) is 11.2. The number of carbonyl (C=O) groups excluding carboxylic acids is 1. The molecule has 0 radical (unpaired) electrons. The fourth-order valence-electron chi connectivity index (χ4n) is 6.46. The zero-order valence-corrected chi connectivity index (χ0v) is 21.9. The van der Waals surface area contributed by atoms with E-state index in [1.54, 1.807) is 0 Å². The van der Waals surface area contributed by atoms with Crippen LogP contribution in [-0.4, -0.2) is 19.9 Å². The Balaban J connectivity index is 1.43. The van der Waals surface area contributed by atoms with Crippen LogP contribution in [0.2, 0.25) is 0 Å². The van der Waals surface area contributed by atoms with Crippen LogP contribution in [0.4, 0.5) is 11.4 Å². The van der Waals surface area contributed by atoms with Crippen molar-refractivity contribution in [2.45, 2.75) is 38.5 Å². The molecule has 0 atom stereocenters. The minimum Gasteiger partial charge on any atom is -0.346 e. The lowest BCUT2D eigenvalue weighted by atomic mass is 9.81. The van der Waals surface area contributed by atoms with E-state index in [2.05, 4.69) is 124 Å². The molecule has 4 aromatic carbocycles. The van der Waals surface area contributed by atoms with Crippen LogP contribution in [0.15, 0.2) is 96.3 Å². The minimum atomic E-state index is -0.265. The number of benzene rings is 4. The molecule has 0 saturated heterocycles. The minimum absolute atomic E-state index is 0.0223. The van der Waals surface area contributed by atoms with Crippen molar-refractivity contribution < 1.29 is 4.79 Å². The van der Waals surface area contributed by atoms with Crippen molar-refractivity contribution in [1.29, 1.82) is 0 Å². The van der Waals surface area contributed by atoms with Crippen LogP contribution >= 0.6 is 0 Å². The first-order valence-electron chi connectivity index (χ1n) is 12.6. The zero-order chi connectivity index (χ0) is 25.4. The van der Waals surface area contributed by atoms with Gasteiger partial charge in [0.2, 0.25) is 0 Å². The summed E-state index contributed by atoms with van der Waals surface area (Å²) >= 11 is 0. The van der Waals surface area contributed by atoms with E-state index in [9.17, 15) is 4.79 Å². The molecule has 2 aliphatic rings. The third-order valence-electron chi connectivity index (χ3n) is 8.38. The van der Waals surface area contributed by atoms with E-state index >= 15 is 0 Å².